The summed E-state index contributed by atoms with van der Waals surface area (Å²) in [5.41, 5.74) is 1.02. The first kappa shape index (κ1) is 16.5. The first-order valence-corrected chi connectivity index (χ1v) is 7.43. The quantitative estimate of drug-likeness (QED) is 0.743. The summed E-state index contributed by atoms with van der Waals surface area (Å²) >= 11 is 3.47. The maximum atomic E-state index is 11.8. The number of hydrogen-bond acceptors (Lipinski definition) is 2. The van der Waals surface area contributed by atoms with Crippen molar-refractivity contribution in [1.29, 1.82) is 0 Å². The van der Waals surface area contributed by atoms with Crippen LogP contribution in [0.1, 0.15) is 31.9 Å². The minimum absolute atomic E-state index is 0.0218. The number of amides is 3. The monoisotopic (exact) mass is 341 g/mol. The SMILES string of the molecule is CCNC(=O)CNC(=O)N[C@H](CC)c1ccccc1Br. The Kier molecular flexibility index (Phi) is 7.08. The normalized spacial score (nSPS) is 11.6. The van der Waals surface area contributed by atoms with Crippen LogP contribution in [-0.4, -0.2) is 25.0 Å². The molecule has 0 aliphatic rings. The number of hydrogen-bond donors (Lipinski definition) is 3. The average molecular weight is 342 g/mol. The number of carbonyl (C=O) groups excluding carboxylic acids is 2. The number of benzene rings is 1. The summed E-state index contributed by atoms with van der Waals surface area (Å²) < 4.78 is 0.955. The molecule has 6 heteroatoms. The summed E-state index contributed by atoms with van der Waals surface area (Å²) in [7, 11) is 0. The van der Waals surface area contributed by atoms with Gasteiger partial charge in [0.05, 0.1) is 12.6 Å². The van der Waals surface area contributed by atoms with Crippen LogP contribution in [0.4, 0.5) is 4.79 Å². The van der Waals surface area contributed by atoms with E-state index in [1.165, 1.54) is 0 Å². The Hall–Kier alpha value is -1.56. The molecule has 0 aromatic heterocycles. The van der Waals surface area contributed by atoms with Crippen LogP contribution in [0.5, 0.6) is 0 Å². The van der Waals surface area contributed by atoms with Gasteiger partial charge >= 0.3 is 6.03 Å². The van der Waals surface area contributed by atoms with Crippen LogP contribution in [0.15, 0.2) is 28.7 Å². The Labute approximate surface area is 127 Å². The topological polar surface area (TPSA) is 70.2 Å². The zero-order valence-electron chi connectivity index (χ0n) is 11.7. The van der Waals surface area contributed by atoms with Crippen LogP contribution in [0.2, 0.25) is 0 Å². The third kappa shape index (κ3) is 5.21. The highest BCUT2D eigenvalue weighted by atomic mass is 79.9. The van der Waals surface area contributed by atoms with Crippen LogP contribution in [0.3, 0.4) is 0 Å². The molecule has 0 radical (unpaired) electrons. The lowest BCUT2D eigenvalue weighted by Crippen LogP contribution is -2.43. The van der Waals surface area contributed by atoms with Gasteiger partial charge in [0.15, 0.2) is 0 Å². The number of nitrogens with one attached hydrogen (secondary N) is 3. The first-order valence-electron chi connectivity index (χ1n) is 6.64. The molecular formula is C14H20BrN3O2. The number of carbonyl (C=O) groups is 2. The van der Waals surface area contributed by atoms with Crippen LogP contribution in [0.25, 0.3) is 0 Å². The highest BCUT2D eigenvalue weighted by Gasteiger charge is 2.15. The molecule has 1 atom stereocenters. The van der Waals surface area contributed by atoms with Crippen LogP contribution >= 0.6 is 15.9 Å². The van der Waals surface area contributed by atoms with Crippen molar-refractivity contribution in [3.8, 4) is 0 Å². The highest BCUT2D eigenvalue weighted by molar-refractivity contribution is 9.10. The lowest BCUT2D eigenvalue weighted by Gasteiger charge is -2.19. The highest BCUT2D eigenvalue weighted by Crippen LogP contribution is 2.24. The van der Waals surface area contributed by atoms with E-state index in [4.69, 9.17) is 0 Å². The van der Waals surface area contributed by atoms with Gasteiger partial charge in [-0.25, -0.2) is 4.79 Å². The lowest BCUT2D eigenvalue weighted by molar-refractivity contribution is -0.119. The van der Waals surface area contributed by atoms with Gasteiger partial charge in [0, 0.05) is 11.0 Å². The van der Waals surface area contributed by atoms with Gasteiger partial charge in [0.1, 0.15) is 0 Å². The van der Waals surface area contributed by atoms with Gasteiger partial charge < -0.3 is 16.0 Å². The molecule has 0 saturated carbocycles. The number of likely N-dealkylation sites (N-methyl/N-ethyl adjacent to an activating group) is 1. The molecule has 0 spiro atoms. The number of halogens is 1. The summed E-state index contributed by atoms with van der Waals surface area (Å²) in [6.45, 7) is 4.36. The van der Waals surface area contributed by atoms with Crippen molar-refractivity contribution in [2.75, 3.05) is 13.1 Å². The maximum Gasteiger partial charge on any atom is 0.315 e. The minimum Gasteiger partial charge on any atom is -0.355 e. The maximum absolute atomic E-state index is 11.8. The second kappa shape index (κ2) is 8.58. The third-order valence-corrected chi connectivity index (χ3v) is 3.50. The predicted octanol–water partition coefficient (Wildman–Crippen LogP) is 2.34. The molecule has 3 N–H and O–H groups in total. The molecule has 0 unspecified atom stereocenters. The second-order valence-corrected chi connectivity index (χ2v) is 5.12. The zero-order chi connectivity index (χ0) is 15.0. The fraction of sp³-hybridized carbons (Fsp3) is 0.429. The Balaban J connectivity index is 2.54. The Morgan fingerprint density at radius 3 is 2.50 bits per heavy atom. The Morgan fingerprint density at radius 1 is 1.20 bits per heavy atom. The summed E-state index contributed by atoms with van der Waals surface area (Å²) in [6.07, 6.45) is 0.761. The molecule has 5 nitrogen and oxygen atoms in total. The van der Waals surface area contributed by atoms with Crippen molar-refractivity contribution >= 4 is 27.9 Å². The smallest absolute Gasteiger partial charge is 0.315 e. The Morgan fingerprint density at radius 2 is 1.90 bits per heavy atom. The van der Waals surface area contributed by atoms with Crippen molar-refractivity contribution < 1.29 is 9.59 Å². The molecule has 0 heterocycles. The Bertz CT molecular complexity index is 465. The van der Waals surface area contributed by atoms with Gasteiger partial charge in [0.2, 0.25) is 5.91 Å². The van der Waals surface area contributed by atoms with Crippen LogP contribution in [0, 0.1) is 0 Å². The molecule has 0 bridgehead atoms. The third-order valence-electron chi connectivity index (χ3n) is 2.78. The van der Waals surface area contributed by atoms with Crippen molar-refractivity contribution in [3.63, 3.8) is 0 Å². The van der Waals surface area contributed by atoms with Crippen molar-refractivity contribution in [2.24, 2.45) is 0 Å². The van der Waals surface area contributed by atoms with E-state index in [1.807, 2.05) is 38.1 Å². The molecule has 0 saturated heterocycles. The molecule has 110 valence electrons. The first-order chi connectivity index (χ1) is 9.58. The van der Waals surface area contributed by atoms with Gasteiger partial charge in [-0.3, -0.25) is 4.79 Å². The van der Waals surface area contributed by atoms with E-state index in [9.17, 15) is 9.59 Å². The fourth-order valence-corrected chi connectivity index (χ4v) is 2.35. The average Bonchev–Trinajstić information content (AvgIpc) is 2.44. The lowest BCUT2D eigenvalue weighted by atomic mass is 10.1. The van der Waals surface area contributed by atoms with E-state index >= 15 is 0 Å². The molecule has 20 heavy (non-hydrogen) atoms. The summed E-state index contributed by atoms with van der Waals surface area (Å²) in [5, 5.41) is 8.03. The molecule has 0 fully saturated rings. The number of urea groups is 1. The van der Waals surface area contributed by atoms with E-state index < -0.39 is 0 Å². The van der Waals surface area contributed by atoms with Gasteiger partial charge in [-0.2, -0.15) is 0 Å². The van der Waals surface area contributed by atoms with Crippen LogP contribution in [-0.2, 0) is 4.79 Å². The largest absolute Gasteiger partial charge is 0.355 e. The van der Waals surface area contributed by atoms with Gasteiger partial charge in [-0.05, 0) is 25.0 Å². The van der Waals surface area contributed by atoms with Gasteiger partial charge in [-0.15, -0.1) is 0 Å². The van der Waals surface area contributed by atoms with E-state index in [0.29, 0.717) is 6.54 Å². The van der Waals surface area contributed by atoms with Crippen molar-refractivity contribution in [2.45, 2.75) is 26.3 Å². The van der Waals surface area contributed by atoms with E-state index in [2.05, 4.69) is 31.9 Å². The van der Waals surface area contributed by atoms with E-state index in [0.717, 1.165) is 16.5 Å². The molecule has 1 rings (SSSR count). The summed E-state index contributed by atoms with van der Waals surface area (Å²) in [5.74, 6) is -0.198. The standard InChI is InChI=1S/C14H20BrN3O2/c1-3-12(10-7-5-6-8-11(10)15)18-14(20)17-9-13(19)16-4-2/h5-8,12H,3-4,9H2,1-2H3,(H,16,19)(H2,17,18,20)/t12-/m1/s1. The van der Waals surface area contributed by atoms with Crippen LogP contribution < -0.4 is 16.0 Å². The predicted molar refractivity (Wildman–Crippen MR) is 82.4 cm³/mol. The number of rotatable bonds is 6. The molecule has 0 aliphatic heterocycles. The fourth-order valence-electron chi connectivity index (χ4n) is 1.79. The van der Waals surface area contributed by atoms with Gasteiger partial charge in [0.25, 0.3) is 0 Å². The van der Waals surface area contributed by atoms with Gasteiger partial charge in [-0.1, -0.05) is 41.1 Å². The van der Waals surface area contributed by atoms with E-state index in [-0.39, 0.29) is 24.5 Å². The zero-order valence-corrected chi connectivity index (χ0v) is 13.3. The molecule has 0 aliphatic carbocycles. The second-order valence-electron chi connectivity index (χ2n) is 4.26. The molecule has 3 amide bonds. The molecule has 1 aromatic carbocycles. The van der Waals surface area contributed by atoms with E-state index in [1.54, 1.807) is 0 Å². The molecule has 1 aromatic rings. The minimum atomic E-state index is -0.348. The summed E-state index contributed by atoms with van der Waals surface area (Å²) in [6, 6.07) is 7.31. The van der Waals surface area contributed by atoms with Crippen molar-refractivity contribution in [3.05, 3.63) is 34.3 Å². The van der Waals surface area contributed by atoms with Crippen molar-refractivity contribution in [1.82, 2.24) is 16.0 Å². The summed E-state index contributed by atoms with van der Waals surface area (Å²) in [4.78, 5) is 23.1. The molecular weight excluding hydrogens is 322 g/mol.